The van der Waals surface area contributed by atoms with E-state index < -0.39 is 17.6 Å². The van der Waals surface area contributed by atoms with Gasteiger partial charge in [-0.05, 0) is 68.3 Å². The Morgan fingerprint density at radius 2 is 1.67 bits per heavy atom. The number of pyridine rings is 1. The van der Waals surface area contributed by atoms with Crippen molar-refractivity contribution >= 4 is 34.1 Å². The zero-order valence-electron chi connectivity index (χ0n) is 18.1. The summed E-state index contributed by atoms with van der Waals surface area (Å²) in [5.41, 5.74) is 4.13. The number of fused-ring (bicyclic) bond motifs is 1. The number of amides is 1. The Morgan fingerprint density at radius 3 is 2.33 bits per heavy atom. The molecule has 0 radical (unpaired) electrons. The molecule has 3 nitrogen and oxygen atoms in total. The van der Waals surface area contributed by atoms with E-state index in [-0.39, 0.29) is 5.69 Å². The van der Waals surface area contributed by atoms with Gasteiger partial charge in [-0.2, -0.15) is 13.2 Å². The lowest BCUT2D eigenvalue weighted by Crippen LogP contribution is -2.16. The van der Waals surface area contributed by atoms with Gasteiger partial charge in [0.1, 0.15) is 0 Å². The Balaban J connectivity index is 1.89. The molecule has 0 saturated carbocycles. The molecular weight excluding hydrogens is 449 g/mol. The number of aryl methyl sites for hydroxylation is 2. The van der Waals surface area contributed by atoms with Gasteiger partial charge in [0, 0.05) is 21.7 Å². The van der Waals surface area contributed by atoms with Gasteiger partial charge in [-0.3, -0.25) is 4.79 Å². The summed E-state index contributed by atoms with van der Waals surface area (Å²) in [6.45, 7) is 5.62. The molecule has 4 aromatic rings. The molecule has 0 atom stereocenters. The third-order valence-corrected chi connectivity index (χ3v) is 5.71. The van der Waals surface area contributed by atoms with E-state index >= 15 is 0 Å². The van der Waals surface area contributed by atoms with Crippen molar-refractivity contribution < 1.29 is 18.0 Å². The highest BCUT2D eigenvalue weighted by Gasteiger charge is 2.30. The number of rotatable bonds is 3. The molecule has 0 spiro atoms. The van der Waals surface area contributed by atoms with E-state index in [0.717, 1.165) is 28.8 Å². The number of halogens is 4. The fourth-order valence-corrected chi connectivity index (χ4v) is 4.09. The van der Waals surface area contributed by atoms with Crippen molar-refractivity contribution in [2.75, 3.05) is 5.32 Å². The Kier molecular flexibility index (Phi) is 5.89. The van der Waals surface area contributed by atoms with Crippen molar-refractivity contribution in [1.82, 2.24) is 4.98 Å². The lowest BCUT2D eigenvalue weighted by Gasteiger charge is -2.17. The van der Waals surface area contributed by atoms with Crippen LogP contribution in [0.25, 0.3) is 22.2 Å². The summed E-state index contributed by atoms with van der Waals surface area (Å²) < 4.78 is 39.4. The molecule has 7 heteroatoms. The van der Waals surface area contributed by atoms with E-state index in [1.165, 1.54) is 12.1 Å². The molecule has 168 valence electrons. The highest BCUT2D eigenvalue weighted by atomic mass is 35.5. The predicted molar refractivity (Wildman–Crippen MR) is 126 cm³/mol. The minimum atomic E-state index is -4.50. The van der Waals surface area contributed by atoms with Crippen LogP contribution in [-0.2, 0) is 6.18 Å². The normalized spacial score (nSPS) is 11.6. The maximum atomic E-state index is 13.4. The van der Waals surface area contributed by atoms with Crippen LogP contribution in [-0.4, -0.2) is 10.9 Å². The molecule has 0 aliphatic rings. The molecular formula is C26H20ClF3N2O. The average Bonchev–Trinajstić information content (AvgIpc) is 2.73. The van der Waals surface area contributed by atoms with Crippen molar-refractivity contribution in [1.29, 1.82) is 0 Å². The Morgan fingerprint density at radius 1 is 0.970 bits per heavy atom. The summed E-state index contributed by atoms with van der Waals surface area (Å²) >= 11 is 6.03. The lowest BCUT2D eigenvalue weighted by molar-refractivity contribution is -0.137. The molecule has 1 heterocycles. The van der Waals surface area contributed by atoms with Crippen LogP contribution in [0, 0.1) is 20.8 Å². The number of benzene rings is 3. The molecule has 1 aromatic heterocycles. The largest absolute Gasteiger partial charge is 0.416 e. The summed E-state index contributed by atoms with van der Waals surface area (Å²) in [4.78, 5) is 18.3. The van der Waals surface area contributed by atoms with E-state index in [2.05, 4.69) is 5.32 Å². The van der Waals surface area contributed by atoms with Crippen LogP contribution in [0.5, 0.6) is 0 Å². The Bertz CT molecular complexity index is 1380. The number of carbonyl (C=O) groups excluding carboxylic acids is 1. The molecule has 0 aliphatic heterocycles. The number of anilines is 1. The molecule has 33 heavy (non-hydrogen) atoms. The number of hydrogen-bond donors (Lipinski definition) is 1. The third-order valence-electron chi connectivity index (χ3n) is 5.46. The van der Waals surface area contributed by atoms with Crippen LogP contribution in [0.1, 0.15) is 32.6 Å². The average molecular weight is 469 g/mol. The molecule has 0 bridgehead atoms. The van der Waals surface area contributed by atoms with Crippen LogP contribution in [0.2, 0.25) is 5.02 Å². The number of aromatic nitrogens is 1. The van der Waals surface area contributed by atoms with E-state index in [1.54, 1.807) is 19.1 Å². The zero-order chi connectivity index (χ0) is 23.9. The maximum Gasteiger partial charge on any atom is 0.416 e. The first-order valence-corrected chi connectivity index (χ1v) is 10.6. The standard InChI is InChI=1S/C26H20ClF3N2O/c1-14-11-15(2)23-21(12-14)22(16(3)24(32-23)17-7-9-19(27)10-8-17)25(33)31-20-6-4-5-18(13-20)26(28,29)30/h4-13H,1-3H3,(H,31,33). The summed E-state index contributed by atoms with van der Waals surface area (Å²) in [6, 6.07) is 15.6. The zero-order valence-corrected chi connectivity index (χ0v) is 18.9. The lowest BCUT2D eigenvalue weighted by atomic mass is 9.94. The van der Waals surface area contributed by atoms with Crippen LogP contribution in [0.3, 0.4) is 0 Å². The Hall–Kier alpha value is -3.38. The summed E-state index contributed by atoms with van der Waals surface area (Å²) in [7, 11) is 0. The minimum absolute atomic E-state index is 0.0663. The predicted octanol–water partition coefficient (Wildman–Crippen LogP) is 7.75. The second-order valence-corrected chi connectivity index (χ2v) is 8.41. The second-order valence-electron chi connectivity index (χ2n) is 7.98. The minimum Gasteiger partial charge on any atom is -0.322 e. The number of carbonyl (C=O) groups is 1. The molecule has 1 N–H and O–H groups in total. The second kappa shape index (κ2) is 8.52. The van der Waals surface area contributed by atoms with Crippen molar-refractivity contribution in [2.45, 2.75) is 26.9 Å². The van der Waals surface area contributed by atoms with E-state index in [1.807, 2.05) is 38.1 Å². The van der Waals surface area contributed by atoms with Gasteiger partial charge in [0.2, 0.25) is 0 Å². The molecule has 3 aromatic carbocycles. The van der Waals surface area contributed by atoms with Gasteiger partial charge in [0.05, 0.1) is 22.3 Å². The van der Waals surface area contributed by atoms with Gasteiger partial charge in [0.15, 0.2) is 0 Å². The van der Waals surface area contributed by atoms with Crippen LogP contribution in [0.15, 0.2) is 60.7 Å². The third kappa shape index (κ3) is 4.57. The van der Waals surface area contributed by atoms with Gasteiger partial charge < -0.3 is 5.32 Å². The fraction of sp³-hybridized carbons (Fsp3) is 0.154. The van der Waals surface area contributed by atoms with Crippen LogP contribution >= 0.6 is 11.6 Å². The first kappa shape index (κ1) is 22.8. The first-order valence-electron chi connectivity index (χ1n) is 10.2. The van der Waals surface area contributed by atoms with Gasteiger partial charge in [-0.15, -0.1) is 0 Å². The molecule has 0 saturated heterocycles. The summed E-state index contributed by atoms with van der Waals surface area (Å²) in [6.07, 6.45) is -4.50. The first-order chi connectivity index (χ1) is 15.5. The van der Waals surface area contributed by atoms with Crippen molar-refractivity contribution in [3.05, 3.63) is 93.5 Å². The quantitative estimate of drug-likeness (QED) is 0.334. The van der Waals surface area contributed by atoms with Crippen molar-refractivity contribution in [3.63, 3.8) is 0 Å². The molecule has 4 rings (SSSR count). The van der Waals surface area contributed by atoms with Gasteiger partial charge in [0.25, 0.3) is 5.91 Å². The Labute approximate surface area is 194 Å². The van der Waals surface area contributed by atoms with E-state index in [9.17, 15) is 18.0 Å². The number of nitrogens with zero attached hydrogens (tertiary/aromatic N) is 1. The molecule has 1 amide bonds. The highest BCUT2D eigenvalue weighted by molar-refractivity contribution is 6.30. The van der Waals surface area contributed by atoms with Crippen molar-refractivity contribution in [3.8, 4) is 11.3 Å². The molecule has 0 aliphatic carbocycles. The maximum absolute atomic E-state index is 13.4. The van der Waals surface area contributed by atoms with Gasteiger partial charge >= 0.3 is 6.18 Å². The smallest absolute Gasteiger partial charge is 0.322 e. The highest BCUT2D eigenvalue weighted by Crippen LogP contribution is 2.34. The van der Waals surface area contributed by atoms with Gasteiger partial charge in [-0.25, -0.2) is 4.98 Å². The fourth-order valence-electron chi connectivity index (χ4n) is 3.96. The summed E-state index contributed by atoms with van der Waals surface area (Å²) in [5, 5.41) is 3.86. The number of nitrogens with one attached hydrogen (secondary N) is 1. The monoisotopic (exact) mass is 468 g/mol. The van der Waals surface area contributed by atoms with E-state index in [4.69, 9.17) is 16.6 Å². The number of hydrogen-bond acceptors (Lipinski definition) is 2. The van der Waals surface area contributed by atoms with E-state index in [0.29, 0.717) is 32.7 Å². The number of alkyl halides is 3. The topological polar surface area (TPSA) is 42.0 Å². The molecule has 0 unspecified atom stereocenters. The van der Waals surface area contributed by atoms with Crippen molar-refractivity contribution in [2.24, 2.45) is 0 Å². The SMILES string of the molecule is Cc1cc(C)c2nc(-c3ccc(Cl)cc3)c(C)c(C(=O)Nc3cccc(C(F)(F)F)c3)c2c1. The molecule has 0 fully saturated rings. The van der Waals surface area contributed by atoms with Gasteiger partial charge in [-0.1, -0.05) is 41.4 Å². The summed E-state index contributed by atoms with van der Waals surface area (Å²) in [5.74, 6) is -0.501. The van der Waals surface area contributed by atoms with Crippen LogP contribution < -0.4 is 5.32 Å². The van der Waals surface area contributed by atoms with Crippen LogP contribution in [0.4, 0.5) is 18.9 Å².